The van der Waals surface area contributed by atoms with Crippen LogP contribution in [0.15, 0.2) is 53.4 Å². The van der Waals surface area contributed by atoms with Gasteiger partial charge in [0.25, 0.3) is 10.0 Å². The second-order valence-electron chi connectivity index (χ2n) is 4.71. The third-order valence-corrected chi connectivity index (χ3v) is 4.41. The maximum absolute atomic E-state index is 12.4. The van der Waals surface area contributed by atoms with E-state index in [9.17, 15) is 13.2 Å². The average molecular weight is 350 g/mol. The molecule has 8 heteroatoms. The SMILES string of the molecule is CCOC(=O)Nc1ccc(S(=O)(=O)Nc2cccc(OC)c2)cc1. The smallest absolute Gasteiger partial charge is 0.411 e. The third-order valence-electron chi connectivity index (χ3n) is 3.01. The second kappa shape index (κ2) is 7.69. The Hall–Kier alpha value is -2.74. The standard InChI is InChI=1S/C16H18N2O5S/c1-3-23-16(19)17-12-7-9-15(10-8-12)24(20,21)18-13-5-4-6-14(11-13)22-2/h4-11,18H,3H2,1-2H3,(H,17,19). The summed E-state index contributed by atoms with van der Waals surface area (Å²) in [6, 6.07) is 12.4. The number of carbonyl (C=O) groups is 1. The number of methoxy groups -OCH3 is 1. The van der Waals surface area contributed by atoms with Gasteiger partial charge in [0.1, 0.15) is 5.75 Å². The lowest BCUT2D eigenvalue weighted by Crippen LogP contribution is -2.14. The fourth-order valence-corrected chi connectivity index (χ4v) is 2.95. The van der Waals surface area contributed by atoms with E-state index in [1.54, 1.807) is 31.2 Å². The molecular formula is C16H18N2O5S. The minimum Gasteiger partial charge on any atom is -0.497 e. The second-order valence-corrected chi connectivity index (χ2v) is 6.39. The first-order chi connectivity index (χ1) is 11.4. The Bertz CT molecular complexity index is 803. The van der Waals surface area contributed by atoms with Gasteiger partial charge in [0, 0.05) is 11.8 Å². The number of nitrogens with one attached hydrogen (secondary N) is 2. The molecule has 2 aromatic rings. The molecule has 2 aromatic carbocycles. The molecule has 24 heavy (non-hydrogen) atoms. The van der Waals surface area contributed by atoms with Crippen LogP contribution in [0.5, 0.6) is 5.75 Å². The Morgan fingerprint density at radius 3 is 2.42 bits per heavy atom. The maximum atomic E-state index is 12.4. The summed E-state index contributed by atoms with van der Waals surface area (Å²) in [5.41, 5.74) is 0.830. The van der Waals surface area contributed by atoms with Crippen molar-refractivity contribution in [2.75, 3.05) is 23.8 Å². The predicted octanol–water partition coefficient (Wildman–Crippen LogP) is 3.06. The Balaban J connectivity index is 2.12. The number of amides is 1. The summed E-state index contributed by atoms with van der Waals surface area (Å²) in [5, 5.41) is 2.49. The minimum absolute atomic E-state index is 0.0692. The molecule has 0 bridgehead atoms. The molecule has 0 aliphatic rings. The Labute approximate surface area is 140 Å². The van der Waals surface area contributed by atoms with E-state index in [4.69, 9.17) is 9.47 Å². The van der Waals surface area contributed by atoms with E-state index >= 15 is 0 Å². The van der Waals surface area contributed by atoms with Crippen LogP contribution >= 0.6 is 0 Å². The molecule has 2 N–H and O–H groups in total. The molecule has 0 aromatic heterocycles. The van der Waals surface area contributed by atoms with Crippen molar-refractivity contribution in [3.63, 3.8) is 0 Å². The first-order valence-corrected chi connectivity index (χ1v) is 8.63. The van der Waals surface area contributed by atoms with Crippen molar-refractivity contribution >= 4 is 27.5 Å². The van der Waals surface area contributed by atoms with Gasteiger partial charge in [0.05, 0.1) is 24.3 Å². The zero-order valence-corrected chi connectivity index (χ0v) is 14.1. The van der Waals surface area contributed by atoms with Crippen LogP contribution in [-0.2, 0) is 14.8 Å². The molecule has 0 aliphatic carbocycles. The van der Waals surface area contributed by atoms with Gasteiger partial charge in [-0.15, -0.1) is 0 Å². The highest BCUT2D eigenvalue weighted by molar-refractivity contribution is 7.92. The van der Waals surface area contributed by atoms with E-state index in [0.29, 0.717) is 17.1 Å². The van der Waals surface area contributed by atoms with Crippen molar-refractivity contribution in [1.29, 1.82) is 0 Å². The van der Waals surface area contributed by atoms with E-state index in [2.05, 4.69) is 10.0 Å². The van der Waals surface area contributed by atoms with Gasteiger partial charge in [-0.3, -0.25) is 10.0 Å². The molecule has 128 valence electrons. The Morgan fingerprint density at radius 1 is 1.08 bits per heavy atom. The maximum Gasteiger partial charge on any atom is 0.411 e. The van der Waals surface area contributed by atoms with Crippen molar-refractivity contribution in [3.05, 3.63) is 48.5 Å². The molecule has 0 aliphatic heterocycles. The average Bonchev–Trinajstić information content (AvgIpc) is 2.55. The molecule has 1 amide bonds. The Morgan fingerprint density at radius 2 is 1.79 bits per heavy atom. The zero-order valence-electron chi connectivity index (χ0n) is 13.3. The molecule has 0 radical (unpaired) electrons. The van der Waals surface area contributed by atoms with E-state index in [1.807, 2.05) is 0 Å². The summed E-state index contributed by atoms with van der Waals surface area (Å²) in [5.74, 6) is 0.546. The molecule has 0 unspecified atom stereocenters. The van der Waals surface area contributed by atoms with Crippen LogP contribution in [-0.4, -0.2) is 28.2 Å². The van der Waals surface area contributed by atoms with E-state index in [0.717, 1.165) is 0 Å². The van der Waals surface area contributed by atoms with Crippen LogP contribution in [0.3, 0.4) is 0 Å². The minimum atomic E-state index is -3.74. The lowest BCUT2D eigenvalue weighted by Gasteiger charge is -2.10. The molecule has 2 rings (SSSR count). The lowest BCUT2D eigenvalue weighted by molar-refractivity contribution is 0.168. The first-order valence-electron chi connectivity index (χ1n) is 7.15. The van der Waals surface area contributed by atoms with Gasteiger partial charge in [-0.05, 0) is 43.3 Å². The normalized spacial score (nSPS) is 10.8. The van der Waals surface area contributed by atoms with Crippen molar-refractivity contribution in [2.24, 2.45) is 0 Å². The quantitative estimate of drug-likeness (QED) is 0.835. The number of ether oxygens (including phenoxy) is 2. The van der Waals surface area contributed by atoms with Crippen LogP contribution in [0.4, 0.5) is 16.2 Å². The van der Waals surface area contributed by atoms with E-state index < -0.39 is 16.1 Å². The lowest BCUT2D eigenvalue weighted by atomic mass is 10.3. The summed E-state index contributed by atoms with van der Waals surface area (Å²) in [4.78, 5) is 11.4. The van der Waals surface area contributed by atoms with E-state index in [1.165, 1.54) is 31.4 Å². The molecule has 7 nitrogen and oxygen atoms in total. The van der Waals surface area contributed by atoms with Gasteiger partial charge >= 0.3 is 6.09 Å². The molecule has 0 fully saturated rings. The fraction of sp³-hybridized carbons (Fsp3) is 0.188. The summed E-state index contributed by atoms with van der Waals surface area (Å²) >= 11 is 0. The number of rotatable bonds is 6. The fourth-order valence-electron chi connectivity index (χ4n) is 1.90. The highest BCUT2D eigenvalue weighted by atomic mass is 32.2. The molecule has 0 saturated heterocycles. The van der Waals surface area contributed by atoms with Gasteiger partial charge in [0.2, 0.25) is 0 Å². The van der Waals surface area contributed by atoms with Crippen LogP contribution in [0.1, 0.15) is 6.92 Å². The predicted molar refractivity (Wildman–Crippen MR) is 90.9 cm³/mol. The number of sulfonamides is 1. The summed E-state index contributed by atoms with van der Waals surface area (Å²) in [6.45, 7) is 1.95. The van der Waals surface area contributed by atoms with Crippen molar-refractivity contribution in [1.82, 2.24) is 0 Å². The van der Waals surface area contributed by atoms with Crippen molar-refractivity contribution < 1.29 is 22.7 Å². The highest BCUT2D eigenvalue weighted by Gasteiger charge is 2.14. The van der Waals surface area contributed by atoms with Crippen LogP contribution in [0, 0.1) is 0 Å². The molecule has 0 heterocycles. The summed E-state index contributed by atoms with van der Waals surface area (Å²) in [6.07, 6.45) is -0.595. The monoisotopic (exact) mass is 350 g/mol. The van der Waals surface area contributed by atoms with Gasteiger partial charge in [-0.2, -0.15) is 0 Å². The summed E-state index contributed by atoms with van der Waals surface area (Å²) < 4.78 is 37.0. The van der Waals surface area contributed by atoms with E-state index in [-0.39, 0.29) is 11.5 Å². The molecular weight excluding hydrogens is 332 g/mol. The van der Waals surface area contributed by atoms with Gasteiger partial charge in [0.15, 0.2) is 0 Å². The number of hydrogen-bond donors (Lipinski definition) is 2. The largest absolute Gasteiger partial charge is 0.497 e. The number of carbonyl (C=O) groups excluding carboxylic acids is 1. The van der Waals surface area contributed by atoms with Crippen LogP contribution in [0.25, 0.3) is 0 Å². The number of hydrogen-bond acceptors (Lipinski definition) is 5. The molecule has 0 saturated carbocycles. The Kier molecular flexibility index (Phi) is 5.64. The number of anilines is 2. The van der Waals surface area contributed by atoms with Crippen LogP contribution in [0.2, 0.25) is 0 Å². The zero-order chi connectivity index (χ0) is 17.6. The topological polar surface area (TPSA) is 93.7 Å². The third kappa shape index (κ3) is 4.63. The van der Waals surface area contributed by atoms with Gasteiger partial charge < -0.3 is 9.47 Å². The highest BCUT2D eigenvalue weighted by Crippen LogP contribution is 2.21. The van der Waals surface area contributed by atoms with Crippen molar-refractivity contribution in [3.8, 4) is 5.75 Å². The van der Waals surface area contributed by atoms with Crippen molar-refractivity contribution in [2.45, 2.75) is 11.8 Å². The van der Waals surface area contributed by atoms with Gasteiger partial charge in [-0.1, -0.05) is 6.07 Å². The molecule has 0 atom stereocenters. The van der Waals surface area contributed by atoms with Gasteiger partial charge in [-0.25, -0.2) is 13.2 Å². The molecule has 0 spiro atoms. The first kappa shape index (κ1) is 17.6. The number of benzene rings is 2. The summed E-state index contributed by atoms with van der Waals surface area (Å²) in [7, 11) is -2.24. The van der Waals surface area contributed by atoms with Crippen LogP contribution < -0.4 is 14.8 Å².